The van der Waals surface area contributed by atoms with Gasteiger partial charge in [-0.1, -0.05) is 76.4 Å². The molecule has 1 heterocycles. The average molecular weight is 801 g/mol. The van der Waals surface area contributed by atoms with Crippen molar-refractivity contribution in [3.05, 3.63) is 72.4 Å². The molecule has 57 heavy (non-hydrogen) atoms. The highest BCUT2D eigenvalue weighted by Gasteiger charge is 2.41. The van der Waals surface area contributed by atoms with E-state index < -0.39 is 77.3 Å². The zero-order valence-electron chi connectivity index (χ0n) is 35.9. The van der Waals surface area contributed by atoms with E-state index in [1.54, 1.807) is 26.8 Å². The number of nitrogens with zero attached hydrogens (tertiary/aromatic N) is 2. The fourth-order valence-electron chi connectivity index (χ4n) is 6.11. The molecule has 1 aromatic rings. The van der Waals surface area contributed by atoms with Gasteiger partial charge in [-0.15, -0.1) is 0 Å². The molecule has 4 atom stereocenters. The maximum Gasteiger partial charge on any atom is 0.410 e. The number of hydrogen-bond acceptors (Lipinski definition) is 10. The van der Waals surface area contributed by atoms with Crippen LogP contribution in [-0.4, -0.2) is 109 Å². The molecule has 1 saturated heterocycles. The molecular weight excluding hydrogens is 735 g/mol. The van der Waals surface area contributed by atoms with Crippen LogP contribution in [0, 0.1) is 5.41 Å². The lowest BCUT2D eigenvalue weighted by atomic mass is 9.87. The summed E-state index contributed by atoms with van der Waals surface area (Å²) in [6.45, 7) is 23.0. The van der Waals surface area contributed by atoms with Gasteiger partial charge in [0, 0.05) is 40.2 Å². The van der Waals surface area contributed by atoms with E-state index in [0.29, 0.717) is 30.3 Å². The number of carbonyl (C=O) groups excluding carboxylic acids is 5. The highest BCUT2D eigenvalue weighted by Crippen LogP contribution is 2.29. The Morgan fingerprint density at radius 3 is 1.93 bits per heavy atom. The van der Waals surface area contributed by atoms with Crippen molar-refractivity contribution in [1.82, 2.24) is 9.80 Å². The van der Waals surface area contributed by atoms with Gasteiger partial charge in [-0.2, -0.15) is 0 Å². The molecule has 0 saturated carbocycles. The van der Waals surface area contributed by atoms with Gasteiger partial charge in [0.25, 0.3) is 5.91 Å². The lowest BCUT2D eigenvalue weighted by Gasteiger charge is -2.35. The van der Waals surface area contributed by atoms with Crippen LogP contribution in [-0.2, 0) is 49.3 Å². The third-order valence-corrected chi connectivity index (χ3v) is 9.22. The quantitative estimate of drug-likeness (QED) is 0.0837. The van der Waals surface area contributed by atoms with Gasteiger partial charge in [-0.3, -0.25) is 9.69 Å². The van der Waals surface area contributed by atoms with Crippen molar-refractivity contribution in [3.8, 4) is 0 Å². The van der Waals surface area contributed by atoms with Crippen LogP contribution < -0.4 is 0 Å². The number of ether oxygens (including phenoxy) is 5. The molecule has 4 unspecified atom stereocenters. The summed E-state index contributed by atoms with van der Waals surface area (Å²) in [7, 11) is 2.70. The molecule has 2 rings (SSSR count). The largest absolute Gasteiger partial charge is 0.458 e. The number of alkyl halides is 1. The molecule has 0 radical (unpaired) electrons. The third-order valence-electron chi connectivity index (χ3n) is 9.22. The highest BCUT2D eigenvalue weighted by atomic mass is 19.1. The van der Waals surface area contributed by atoms with E-state index in [9.17, 15) is 24.0 Å². The number of halogens is 1. The Hall–Kier alpha value is -4.52. The van der Waals surface area contributed by atoms with E-state index in [4.69, 9.17) is 23.7 Å². The van der Waals surface area contributed by atoms with Crippen LogP contribution in [0.5, 0.6) is 0 Å². The lowest BCUT2D eigenvalue weighted by Crippen LogP contribution is -2.53. The molecule has 1 fully saturated rings. The topological polar surface area (TPSA) is 138 Å². The predicted octanol–water partition coefficient (Wildman–Crippen LogP) is 7.45. The number of allylic oxidation sites excluding steroid dienone is 2. The Bertz CT molecular complexity index is 1580. The van der Waals surface area contributed by atoms with Crippen molar-refractivity contribution in [2.24, 2.45) is 5.41 Å². The normalized spacial score (nSPS) is 16.2. The second-order valence-electron chi connectivity index (χ2n) is 17.4. The van der Waals surface area contributed by atoms with E-state index >= 15 is 4.39 Å². The maximum atomic E-state index is 15.2. The molecule has 13 heteroatoms. The summed E-state index contributed by atoms with van der Waals surface area (Å²) in [5, 5.41) is 0. The van der Waals surface area contributed by atoms with Crippen LogP contribution in [0.15, 0.2) is 61.2 Å². The van der Waals surface area contributed by atoms with Crippen LogP contribution in [0.1, 0.15) is 105 Å². The van der Waals surface area contributed by atoms with E-state index in [1.807, 2.05) is 45.0 Å². The summed E-state index contributed by atoms with van der Waals surface area (Å²) < 4.78 is 43.0. The van der Waals surface area contributed by atoms with E-state index in [1.165, 1.54) is 47.0 Å². The van der Waals surface area contributed by atoms with E-state index in [2.05, 4.69) is 13.2 Å². The molecule has 318 valence electrons. The number of benzene rings is 1. The molecule has 12 nitrogen and oxygen atoms in total. The van der Waals surface area contributed by atoms with Gasteiger partial charge in [-0.25, -0.2) is 23.6 Å². The summed E-state index contributed by atoms with van der Waals surface area (Å²) >= 11 is 0. The van der Waals surface area contributed by atoms with Crippen molar-refractivity contribution in [2.75, 3.05) is 33.9 Å². The predicted molar refractivity (Wildman–Crippen MR) is 216 cm³/mol. The molecule has 1 aliphatic rings. The minimum atomic E-state index is -1.93. The Balaban J connectivity index is 2.51. The number of amides is 2. The van der Waals surface area contributed by atoms with Gasteiger partial charge in [0.1, 0.15) is 30.0 Å². The fraction of sp³-hybridized carbons (Fsp3) is 0.614. The number of carbonyl (C=O) groups is 5. The van der Waals surface area contributed by atoms with Crippen molar-refractivity contribution in [2.45, 2.75) is 136 Å². The molecular formula is C44H65FN2O10. The fourth-order valence-corrected chi connectivity index (χ4v) is 6.11. The van der Waals surface area contributed by atoms with Crippen molar-refractivity contribution < 1.29 is 52.0 Å². The smallest absolute Gasteiger partial charge is 0.410 e. The van der Waals surface area contributed by atoms with Crippen molar-refractivity contribution in [1.29, 1.82) is 0 Å². The van der Waals surface area contributed by atoms with Crippen LogP contribution in [0.3, 0.4) is 0 Å². The van der Waals surface area contributed by atoms with Crippen molar-refractivity contribution in [3.63, 3.8) is 0 Å². The van der Waals surface area contributed by atoms with Gasteiger partial charge >= 0.3 is 24.0 Å². The van der Waals surface area contributed by atoms with Gasteiger partial charge in [0.05, 0.1) is 0 Å². The number of esters is 3. The first kappa shape index (κ1) is 48.6. The first-order valence-corrected chi connectivity index (χ1v) is 19.5. The van der Waals surface area contributed by atoms with Gasteiger partial charge in [-0.05, 0) is 88.8 Å². The van der Waals surface area contributed by atoms with Crippen LogP contribution in [0.2, 0.25) is 0 Å². The third kappa shape index (κ3) is 16.9. The van der Waals surface area contributed by atoms with Crippen LogP contribution in [0.25, 0.3) is 0 Å². The van der Waals surface area contributed by atoms with Gasteiger partial charge in [0.2, 0.25) is 0 Å². The Labute approximate surface area is 338 Å². The molecule has 0 aliphatic carbocycles. The molecule has 0 aromatic heterocycles. The first-order chi connectivity index (χ1) is 26.4. The van der Waals surface area contributed by atoms with E-state index in [-0.39, 0.29) is 19.4 Å². The standard InChI is InChI=1S/C44H65FN2O10/c1-14-16-30(15-2)28-54-38(49)29(3)55-39(50)34(26-42(4,5)6)46(12)37(48)36(25-31-17-19-32(20-18-31)33-21-23-53-24-22-33)56-40(51)35(27-44(10,11)45)47(13)41(52)57-43(7,8)9/h14-20,29,33-36H,1-2,21-28H2,3-13H3/b30-16+. The lowest BCUT2D eigenvalue weighted by molar-refractivity contribution is -0.174. The SMILES string of the molecule is C=C/C=C(\C=C)COC(=O)C(C)OC(=O)C(CC(C)(C)C)N(C)C(=O)C(Cc1ccc(C2CCOCC2)cc1)OC(=O)C(CC(C)(C)F)N(C)C(=O)OC(C)(C)C. The van der Waals surface area contributed by atoms with Gasteiger partial charge in [0.15, 0.2) is 12.2 Å². The summed E-state index contributed by atoms with van der Waals surface area (Å²) in [6.07, 6.45) is 2.24. The molecule has 0 spiro atoms. The second kappa shape index (κ2) is 21.3. The monoisotopic (exact) mass is 800 g/mol. The Morgan fingerprint density at radius 2 is 1.42 bits per heavy atom. The maximum absolute atomic E-state index is 15.2. The summed E-state index contributed by atoms with van der Waals surface area (Å²) in [5.41, 5.74) is -1.00. The van der Waals surface area contributed by atoms with Crippen molar-refractivity contribution >= 4 is 29.9 Å². The number of rotatable bonds is 18. The Kier molecular flexibility index (Phi) is 18.2. The zero-order valence-corrected chi connectivity index (χ0v) is 35.9. The number of likely N-dealkylation sites (N-methyl/N-ethyl adjacent to an activating group) is 2. The molecule has 0 bridgehead atoms. The van der Waals surface area contributed by atoms with Crippen LogP contribution >= 0.6 is 0 Å². The summed E-state index contributed by atoms with van der Waals surface area (Å²) in [4.78, 5) is 70.5. The second-order valence-corrected chi connectivity index (χ2v) is 17.4. The Morgan fingerprint density at radius 1 is 0.860 bits per heavy atom. The van der Waals surface area contributed by atoms with Crippen LogP contribution in [0.4, 0.5) is 9.18 Å². The molecule has 2 amide bonds. The average Bonchev–Trinajstić information content (AvgIpc) is 3.12. The zero-order chi connectivity index (χ0) is 43.3. The molecule has 1 aliphatic heterocycles. The first-order valence-electron chi connectivity index (χ1n) is 19.5. The van der Waals surface area contributed by atoms with E-state index in [0.717, 1.165) is 28.2 Å². The molecule has 1 aromatic carbocycles. The summed E-state index contributed by atoms with van der Waals surface area (Å²) in [5.74, 6) is -3.14. The summed E-state index contributed by atoms with van der Waals surface area (Å²) in [6, 6.07) is 4.94. The highest BCUT2D eigenvalue weighted by molar-refractivity contribution is 5.90. The minimum Gasteiger partial charge on any atom is -0.458 e. The number of hydrogen-bond donors (Lipinski definition) is 0. The van der Waals surface area contributed by atoms with Gasteiger partial charge < -0.3 is 28.6 Å². The molecule has 0 N–H and O–H groups in total. The minimum absolute atomic E-state index is 0.102.